The molecule has 1 aliphatic carbocycles. The number of carbonyl (C=O) groups excluding carboxylic acids is 1. The van der Waals surface area contributed by atoms with Gasteiger partial charge in [0.15, 0.2) is 0 Å². The highest BCUT2D eigenvalue weighted by Gasteiger charge is 2.49. The van der Waals surface area contributed by atoms with E-state index in [1.807, 2.05) is 10.9 Å². The first kappa shape index (κ1) is 19.6. The quantitative estimate of drug-likeness (QED) is 0.814. The first-order valence-electron chi connectivity index (χ1n) is 10.9. The summed E-state index contributed by atoms with van der Waals surface area (Å²) >= 11 is 0. The lowest BCUT2D eigenvalue weighted by Gasteiger charge is -2.20. The van der Waals surface area contributed by atoms with Gasteiger partial charge in [-0.1, -0.05) is 43.4 Å². The fraction of sp³-hybridized carbons (Fsp3) is 0.591. The zero-order chi connectivity index (χ0) is 20.5. The van der Waals surface area contributed by atoms with Crippen molar-refractivity contribution >= 4 is 5.91 Å². The summed E-state index contributed by atoms with van der Waals surface area (Å²) in [5, 5.41) is 11.7. The molecule has 2 aromatic rings. The number of carbonyl (C=O) groups is 1. The van der Waals surface area contributed by atoms with E-state index in [4.69, 9.17) is 9.47 Å². The van der Waals surface area contributed by atoms with Crippen LogP contribution in [0.2, 0.25) is 0 Å². The Morgan fingerprint density at radius 1 is 1.17 bits per heavy atom. The first-order chi connectivity index (χ1) is 14.7. The minimum atomic E-state index is -0.435. The number of amides is 1. The van der Waals surface area contributed by atoms with Gasteiger partial charge in [-0.05, 0) is 30.5 Å². The summed E-state index contributed by atoms with van der Waals surface area (Å²) in [4.78, 5) is 12.5. The van der Waals surface area contributed by atoms with Crippen LogP contribution in [0.25, 0.3) is 0 Å². The maximum absolute atomic E-state index is 13.4. The molecule has 160 valence electrons. The summed E-state index contributed by atoms with van der Waals surface area (Å²) in [6.45, 7) is 0.824. The molecule has 0 radical (unpaired) electrons. The van der Waals surface area contributed by atoms with Crippen molar-refractivity contribution in [2.75, 3.05) is 13.2 Å². The Hall–Kier alpha value is -2.32. The summed E-state index contributed by atoms with van der Waals surface area (Å²) in [7, 11) is 0. The summed E-state index contributed by atoms with van der Waals surface area (Å²) in [5.74, 6) is -0.0523. The Morgan fingerprint density at radius 3 is 2.83 bits per heavy atom. The van der Waals surface area contributed by atoms with Gasteiger partial charge in [0.1, 0.15) is 24.1 Å². The molecule has 8 heteroatoms. The third-order valence-electron chi connectivity index (χ3n) is 6.55. The van der Waals surface area contributed by atoms with E-state index in [1.54, 1.807) is 6.07 Å². The van der Waals surface area contributed by atoms with Crippen molar-refractivity contribution in [1.29, 1.82) is 0 Å². The second kappa shape index (κ2) is 8.43. The molecule has 0 bridgehead atoms. The highest BCUT2D eigenvalue weighted by Crippen LogP contribution is 2.34. The Bertz CT molecular complexity index is 898. The predicted molar refractivity (Wildman–Crippen MR) is 106 cm³/mol. The summed E-state index contributed by atoms with van der Waals surface area (Å²) in [6.07, 6.45) is 9.10. The number of hydrogen-bond donors (Lipinski definition) is 1. The number of hydrogen-bond acceptors (Lipinski definition) is 5. The minimum absolute atomic E-state index is 0.0568. The van der Waals surface area contributed by atoms with Crippen LogP contribution in [-0.4, -0.2) is 52.4 Å². The number of nitrogens with one attached hydrogen (secondary N) is 1. The van der Waals surface area contributed by atoms with Crippen LogP contribution < -0.4 is 5.32 Å². The zero-order valence-electron chi connectivity index (χ0n) is 16.9. The van der Waals surface area contributed by atoms with Crippen LogP contribution in [0.4, 0.5) is 4.39 Å². The molecule has 30 heavy (non-hydrogen) atoms. The van der Waals surface area contributed by atoms with Gasteiger partial charge in [-0.15, -0.1) is 5.10 Å². The van der Waals surface area contributed by atoms with Gasteiger partial charge in [0.05, 0.1) is 24.9 Å². The van der Waals surface area contributed by atoms with Crippen molar-refractivity contribution in [2.24, 2.45) is 5.92 Å². The average Bonchev–Trinajstić information content (AvgIpc) is 3.47. The van der Waals surface area contributed by atoms with Crippen molar-refractivity contribution < 1.29 is 18.7 Å². The normalized spacial score (nSPS) is 29.1. The van der Waals surface area contributed by atoms with Crippen LogP contribution >= 0.6 is 0 Å². The molecule has 3 heterocycles. The highest BCUT2D eigenvalue weighted by molar-refractivity contribution is 5.94. The number of fused-ring (bicyclic) bond motifs is 1. The molecule has 3 fully saturated rings. The van der Waals surface area contributed by atoms with Gasteiger partial charge in [0, 0.05) is 11.8 Å². The lowest BCUT2D eigenvalue weighted by molar-refractivity contribution is 0.0613. The van der Waals surface area contributed by atoms with Gasteiger partial charge >= 0.3 is 0 Å². The first-order valence-corrected chi connectivity index (χ1v) is 10.9. The molecule has 1 amide bonds. The minimum Gasteiger partial charge on any atom is -0.371 e. The lowest BCUT2D eigenvalue weighted by atomic mass is 9.86. The molecule has 2 aliphatic heterocycles. The topological polar surface area (TPSA) is 78.3 Å². The van der Waals surface area contributed by atoms with Crippen LogP contribution in [0.1, 0.15) is 54.2 Å². The van der Waals surface area contributed by atoms with Gasteiger partial charge < -0.3 is 14.8 Å². The maximum atomic E-state index is 13.4. The fourth-order valence-corrected chi connectivity index (χ4v) is 4.97. The van der Waals surface area contributed by atoms with Gasteiger partial charge in [0.2, 0.25) is 0 Å². The average molecular weight is 414 g/mol. The van der Waals surface area contributed by atoms with Gasteiger partial charge in [-0.2, -0.15) is 0 Å². The zero-order valence-corrected chi connectivity index (χ0v) is 16.9. The molecule has 7 nitrogen and oxygen atoms in total. The van der Waals surface area contributed by atoms with Crippen LogP contribution in [-0.2, 0) is 15.9 Å². The molecule has 1 aromatic heterocycles. The molecule has 3 aliphatic rings. The standard InChI is InChI=1S/C22H27FN4O3/c23-16-8-4-7-15(10-16)22(28)24-18-12-29-21-19(13-30-20(18)21)27-11-17(25-26-27)9-14-5-2-1-3-6-14/h4,7-8,10-11,14,18-21H,1-3,5-6,9,12-13H2,(H,24,28)/t18-,19-,20+,21+/m0/s1. The van der Waals surface area contributed by atoms with E-state index < -0.39 is 5.82 Å². The van der Waals surface area contributed by atoms with Crippen LogP contribution in [0, 0.1) is 11.7 Å². The SMILES string of the molecule is O=C(N[C@H]1CO[C@H]2[C@@H]1OC[C@@H]2n1cc(CC2CCCCC2)nn1)c1cccc(F)c1. The predicted octanol–water partition coefficient (Wildman–Crippen LogP) is 2.68. The summed E-state index contributed by atoms with van der Waals surface area (Å²) < 4.78 is 27.2. The van der Waals surface area contributed by atoms with Crippen molar-refractivity contribution in [1.82, 2.24) is 20.3 Å². The molecule has 5 rings (SSSR count). The maximum Gasteiger partial charge on any atom is 0.251 e. The third-order valence-corrected chi connectivity index (χ3v) is 6.55. The van der Waals surface area contributed by atoms with E-state index in [1.165, 1.54) is 50.3 Å². The third kappa shape index (κ3) is 3.98. The molecule has 0 spiro atoms. The van der Waals surface area contributed by atoms with E-state index in [9.17, 15) is 9.18 Å². The van der Waals surface area contributed by atoms with E-state index in [2.05, 4.69) is 15.6 Å². The largest absolute Gasteiger partial charge is 0.371 e. The van der Waals surface area contributed by atoms with Gasteiger partial charge in [-0.3, -0.25) is 4.79 Å². The Kier molecular flexibility index (Phi) is 5.52. The smallest absolute Gasteiger partial charge is 0.251 e. The highest BCUT2D eigenvalue weighted by atomic mass is 19.1. The van der Waals surface area contributed by atoms with E-state index in [-0.39, 0.29) is 35.8 Å². The molecular formula is C22H27FN4O3. The van der Waals surface area contributed by atoms with Crippen LogP contribution in [0.5, 0.6) is 0 Å². The van der Waals surface area contributed by atoms with Crippen LogP contribution in [0.15, 0.2) is 30.5 Å². The number of aromatic nitrogens is 3. The molecular weight excluding hydrogens is 387 g/mol. The Balaban J connectivity index is 1.21. The Morgan fingerprint density at radius 2 is 2.00 bits per heavy atom. The second-order valence-corrected chi connectivity index (χ2v) is 8.65. The summed E-state index contributed by atoms with van der Waals surface area (Å²) in [5.41, 5.74) is 1.32. The Labute approximate surface area is 174 Å². The van der Waals surface area contributed by atoms with Crippen molar-refractivity contribution in [3.8, 4) is 0 Å². The number of rotatable bonds is 5. The summed E-state index contributed by atoms with van der Waals surface area (Å²) in [6, 6.07) is 5.32. The number of benzene rings is 1. The lowest BCUT2D eigenvalue weighted by Crippen LogP contribution is -2.44. The van der Waals surface area contributed by atoms with Crippen molar-refractivity contribution in [3.63, 3.8) is 0 Å². The number of ether oxygens (including phenoxy) is 2. The molecule has 1 saturated carbocycles. The van der Waals surface area contributed by atoms with E-state index in [0.29, 0.717) is 19.1 Å². The molecule has 4 atom stereocenters. The van der Waals surface area contributed by atoms with E-state index >= 15 is 0 Å². The monoisotopic (exact) mass is 414 g/mol. The fourth-order valence-electron chi connectivity index (χ4n) is 4.97. The second-order valence-electron chi connectivity index (χ2n) is 8.65. The molecule has 2 saturated heterocycles. The molecule has 0 unspecified atom stereocenters. The molecule has 1 N–H and O–H groups in total. The number of halogens is 1. The van der Waals surface area contributed by atoms with Crippen molar-refractivity contribution in [3.05, 3.63) is 47.5 Å². The van der Waals surface area contributed by atoms with Crippen LogP contribution in [0.3, 0.4) is 0 Å². The number of nitrogens with zero attached hydrogens (tertiary/aromatic N) is 3. The molecule has 1 aromatic carbocycles. The van der Waals surface area contributed by atoms with Gasteiger partial charge in [-0.25, -0.2) is 9.07 Å². The van der Waals surface area contributed by atoms with Crippen molar-refractivity contribution in [2.45, 2.75) is 62.8 Å². The van der Waals surface area contributed by atoms with E-state index in [0.717, 1.165) is 12.1 Å². The van der Waals surface area contributed by atoms with Gasteiger partial charge in [0.25, 0.3) is 5.91 Å².